The fourth-order valence-electron chi connectivity index (χ4n) is 3.34. The molecule has 150 valence electrons. The lowest BCUT2D eigenvalue weighted by molar-refractivity contribution is -0.129. The van der Waals surface area contributed by atoms with Gasteiger partial charge in [-0.05, 0) is 59.7 Å². The summed E-state index contributed by atoms with van der Waals surface area (Å²) in [6.45, 7) is 0.125. The molecule has 1 aliphatic heterocycles. The Hall–Kier alpha value is -3.15. The molecule has 1 aliphatic rings. The lowest BCUT2D eigenvalue weighted by Crippen LogP contribution is -2.40. The van der Waals surface area contributed by atoms with Crippen molar-refractivity contribution in [3.05, 3.63) is 99.0 Å². The number of carbonyl (C=O) groups excluding carboxylic acids is 3. The van der Waals surface area contributed by atoms with Gasteiger partial charge >= 0.3 is 0 Å². The monoisotopic (exact) mass is 438 g/mol. The fourth-order valence-corrected chi connectivity index (χ4v) is 3.72. The molecule has 0 aromatic heterocycles. The van der Waals surface area contributed by atoms with Crippen LogP contribution in [0.3, 0.4) is 0 Å². The molecule has 0 fully saturated rings. The summed E-state index contributed by atoms with van der Waals surface area (Å²) in [4.78, 5) is 39.0. The first-order valence-electron chi connectivity index (χ1n) is 9.20. The number of anilines is 1. The van der Waals surface area contributed by atoms with Gasteiger partial charge in [-0.1, -0.05) is 41.4 Å². The Balaban J connectivity index is 1.55. The number of nitrogens with zero attached hydrogens (tertiary/aromatic N) is 1. The Kier molecular flexibility index (Phi) is 5.57. The van der Waals surface area contributed by atoms with Crippen LogP contribution in [0.25, 0.3) is 0 Å². The molecule has 30 heavy (non-hydrogen) atoms. The van der Waals surface area contributed by atoms with Crippen LogP contribution in [-0.4, -0.2) is 22.6 Å². The van der Waals surface area contributed by atoms with Crippen molar-refractivity contribution in [2.45, 2.75) is 13.0 Å². The smallest absolute Gasteiger partial charge is 0.260 e. The third kappa shape index (κ3) is 4.22. The van der Waals surface area contributed by atoms with E-state index in [0.717, 1.165) is 11.1 Å². The van der Waals surface area contributed by atoms with Crippen LogP contribution in [0, 0.1) is 0 Å². The van der Waals surface area contributed by atoms with Crippen LogP contribution in [0.4, 0.5) is 5.69 Å². The summed E-state index contributed by atoms with van der Waals surface area (Å²) in [5, 5.41) is 3.73. The number of amides is 3. The van der Waals surface area contributed by atoms with E-state index in [4.69, 9.17) is 23.2 Å². The maximum Gasteiger partial charge on any atom is 0.260 e. The van der Waals surface area contributed by atoms with E-state index in [1.54, 1.807) is 60.7 Å². The van der Waals surface area contributed by atoms with Crippen LogP contribution in [0.2, 0.25) is 10.0 Å². The Morgan fingerprint density at radius 1 is 0.833 bits per heavy atom. The van der Waals surface area contributed by atoms with Gasteiger partial charge in [0.25, 0.3) is 11.8 Å². The molecule has 0 spiro atoms. The zero-order valence-corrected chi connectivity index (χ0v) is 17.2. The molecule has 0 saturated carbocycles. The number of hydrogen-bond acceptors (Lipinski definition) is 3. The van der Waals surface area contributed by atoms with Crippen molar-refractivity contribution in [1.82, 2.24) is 4.90 Å². The number of imide groups is 1. The molecule has 0 saturated heterocycles. The average Bonchev–Trinajstić information content (AvgIpc) is 2.73. The van der Waals surface area contributed by atoms with E-state index in [1.807, 2.05) is 0 Å². The summed E-state index contributed by atoms with van der Waals surface area (Å²) >= 11 is 11.9. The average molecular weight is 439 g/mol. The van der Waals surface area contributed by atoms with Crippen molar-refractivity contribution in [1.29, 1.82) is 0 Å². The second-order valence-electron chi connectivity index (χ2n) is 6.92. The van der Waals surface area contributed by atoms with Gasteiger partial charge in [0.2, 0.25) is 5.91 Å². The summed E-state index contributed by atoms with van der Waals surface area (Å²) in [5.74, 6) is -0.971. The number of benzene rings is 3. The van der Waals surface area contributed by atoms with Crippen LogP contribution in [-0.2, 0) is 17.8 Å². The van der Waals surface area contributed by atoms with Crippen molar-refractivity contribution in [3.63, 3.8) is 0 Å². The van der Waals surface area contributed by atoms with Gasteiger partial charge in [-0.15, -0.1) is 0 Å². The number of nitrogens with one attached hydrogen (secondary N) is 1. The highest BCUT2D eigenvalue weighted by atomic mass is 35.5. The summed E-state index contributed by atoms with van der Waals surface area (Å²) in [5.41, 5.74) is 2.99. The molecule has 5 nitrogen and oxygen atoms in total. The molecule has 7 heteroatoms. The van der Waals surface area contributed by atoms with Gasteiger partial charge in [-0.2, -0.15) is 0 Å². The Morgan fingerprint density at radius 2 is 1.50 bits per heavy atom. The molecule has 3 amide bonds. The highest BCUT2D eigenvalue weighted by molar-refractivity contribution is 6.31. The molecule has 3 aromatic carbocycles. The topological polar surface area (TPSA) is 66.5 Å². The van der Waals surface area contributed by atoms with E-state index >= 15 is 0 Å². The molecule has 0 atom stereocenters. The largest absolute Gasteiger partial charge is 0.322 e. The molecule has 1 N–H and O–H groups in total. The number of hydrogen-bond donors (Lipinski definition) is 1. The SMILES string of the molecule is O=C(Nc1ccc2c(c1)CN(C(=O)c1cccc(Cl)c1)C(=O)C2)c1cccc(Cl)c1. The molecule has 4 rings (SSSR count). The van der Waals surface area contributed by atoms with Gasteiger partial charge < -0.3 is 5.32 Å². The number of halogens is 2. The van der Waals surface area contributed by atoms with Crippen LogP contribution >= 0.6 is 23.2 Å². The summed E-state index contributed by atoms with van der Waals surface area (Å²) < 4.78 is 0. The number of rotatable bonds is 3. The molecule has 0 radical (unpaired) electrons. The quantitative estimate of drug-likeness (QED) is 0.586. The highest BCUT2D eigenvalue weighted by Gasteiger charge is 2.29. The van der Waals surface area contributed by atoms with Gasteiger partial charge in [0.15, 0.2) is 0 Å². The van der Waals surface area contributed by atoms with Crippen LogP contribution in [0.1, 0.15) is 31.8 Å². The Labute approximate surface area is 183 Å². The number of fused-ring (bicyclic) bond motifs is 1. The van der Waals surface area contributed by atoms with E-state index < -0.39 is 5.91 Å². The second-order valence-corrected chi connectivity index (χ2v) is 7.79. The van der Waals surface area contributed by atoms with Crippen LogP contribution < -0.4 is 5.32 Å². The summed E-state index contributed by atoms with van der Waals surface area (Å²) in [6.07, 6.45) is 0.115. The van der Waals surface area contributed by atoms with E-state index in [0.29, 0.717) is 26.9 Å². The predicted molar refractivity (Wildman–Crippen MR) is 116 cm³/mol. The van der Waals surface area contributed by atoms with E-state index in [9.17, 15) is 14.4 Å². The first kappa shape index (κ1) is 20.1. The van der Waals surface area contributed by atoms with Gasteiger partial charge in [0.1, 0.15) is 0 Å². The first-order chi connectivity index (χ1) is 14.4. The summed E-state index contributed by atoms with van der Waals surface area (Å²) in [7, 11) is 0. The molecule has 3 aromatic rings. The molecule has 1 heterocycles. The van der Waals surface area contributed by atoms with E-state index in [1.165, 1.54) is 11.0 Å². The first-order valence-corrected chi connectivity index (χ1v) is 9.95. The molecular formula is C23H16Cl2N2O3. The van der Waals surface area contributed by atoms with Crippen molar-refractivity contribution in [2.75, 3.05) is 5.32 Å². The predicted octanol–water partition coefficient (Wildman–Crippen LogP) is 4.97. The van der Waals surface area contributed by atoms with Crippen molar-refractivity contribution in [2.24, 2.45) is 0 Å². The minimum atomic E-state index is -0.401. The second kappa shape index (κ2) is 8.30. The lowest BCUT2D eigenvalue weighted by atomic mass is 9.97. The van der Waals surface area contributed by atoms with Crippen LogP contribution in [0.5, 0.6) is 0 Å². The Bertz CT molecular complexity index is 1180. The minimum absolute atomic E-state index is 0.115. The zero-order valence-electron chi connectivity index (χ0n) is 15.7. The lowest BCUT2D eigenvalue weighted by Gasteiger charge is -2.27. The molecule has 0 unspecified atom stereocenters. The minimum Gasteiger partial charge on any atom is -0.322 e. The van der Waals surface area contributed by atoms with Crippen molar-refractivity contribution >= 4 is 46.6 Å². The van der Waals surface area contributed by atoms with Gasteiger partial charge in [-0.25, -0.2) is 0 Å². The maximum atomic E-state index is 12.8. The standard InChI is InChI=1S/C23H16Cl2N2O3/c24-18-5-1-3-15(9-18)22(29)26-20-8-7-14-12-21(28)27(13-17(14)11-20)23(30)16-4-2-6-19(25)10-16/h1-11H,12-13H2,(H,26,29). The van der Waals surface area contributed by atoms with Crippen molar-refractivity contribution in [3.8, 4) is 0 Å². The normalized spacial score (nSPS) is 13.0. The number of carbonyl (C=O) groups is 3. The molecular weight excluding hydrogens is 423 g/mol. The van der Waals surface area contributed by atoms with Crippen LogP contribution in [0.15, 0.2) is 66.7 Å². The zero-order chi connectivity index (χ0) is 21.3. The molecule has 0 bridgehead atoms. The Morgan fingerprint density at radius 3 is 2.20 bits per heavy atom. The van der Waals surface area contributed by atoms with Crippen molar-refractivity contribution < 1.29 is 14.4 Å². The van der Waals surface area contributed by atoms with Gasteiger partial charge in [0, 0.05) is 26.9 Å². The van der Waals surface area contributed by atoms with Gasteiger partial charge in [0.05, 0.1) is 13.0 Å². The van der Waals surface area contributed by atoms with E-state index in [-0.39, 0.29) is 24.8 Å². The highest BCUT2D eigenvalue weighted by Crippen LogP contribution is 2.25. The van der Waals surface area contributed by atoms with E-state index in [2.05, 4.69) is 5.32 Å². The maximum absolute atomic E-state index is 12.8. The third-order valence-corrected chi connectivity index (χ3v) is 5.31. The van der Waals surface area contributed by atoms with Gasteiger partial charge in [-0.3, -0.25) is 19.3 Å². The summed E-state index contributed by atoms with van der Waals surface area (Å²) in [6, 6.07) is 18.5. The third-order valence-electron chi connectivity index (χ3n) is 4.84. The molecule has 0 aliphatic carbocycles. The fraction of sp³-hybridized carbons (Fsp3) is 0.0870.